The van der Waals surface area contributed by atoms with E-state index in [1.165, 1.54) is 18.2 Å². The van der Waals surface area contributed by atoms with E-state index in [0.29, 0.717) is 11.3 Å². The second-order valence-corrected chi connectivity index (χ2v) is 7.49. The van der Waals surface area contributed by atoms with Gasteiger partial charge in [-0.15, -0.1) is 11.8 Å². The predicted octanol–water partition coefficient (Wildman–Crippen LogP) is 4.16. The zero-order valence-electron chi connectivity index (χ0n) is 14.2. The molecule has 1 aliphatic heterocycles. The summed E-state index contributed by atoms with van der Waals surface area (Å²) in [5.41, 5.74) is 1.02. The summed E-state index contributed by atoms with van der Waals surface area (Å²) >= 11 is 7.47. The van der Waals surface area contributed by atoms with Gasteiger partial charge in [0.1, 0.15) is 5.82 Å². The Morgan fingerprint density at radius 2 is 2.04 bits per heavy atom. The number of nitrogens with one attached hydrogen (secondary N) is 1. The summed E-state index contributed by atoms with van der Waals surface area (Å²) in [6.45, 7) is 4.55. The molecule has 0 radical (unpaired) electrons. The van der Waals surface area contributed by atoms with E-state index in [1.54, 1.807) is 17.8 Å². The summed E-state index contributed by atoms with van der Waals surface area (Å²) in [7, 11) is 0. The maximum absolute atomic E-state index is 13.2. The van der Waals surface area contributed by atoms with Crippen LogP contribution in [0.3, 0.4) is 0 Å². The van der Waals surface area contributed by atoms with Gasteiger partial charge in [-0.05, 0) is 36.4 Å². The molecule has 1 N–H and O–H groups in total. The molecule has 0 unspecified atom stereocenters. The SMILES string of the molecule is O=C(Nc1ccc(F)c(Cl)c1)c1cccc(SCCN2CCOCC2)c1. The average Bonchev–Trinajstić information content (AvgIpc) is 2.66. The molecule has 138 valence electrons. The average molecular weight is 395 g/mol. The van der Waals surface area contributed by atoms with Crippen molar-refractivity contribution in [2.24, 2.45) is 0 Å². The number of rotatable bonds is 6. The number of carbonyl (C=O) groups is 1. The van der Waals surface area contributed by atoms with E-state index in [4.69, 9.17) is 16.3 Å². The highest BCUT2D eigenvalue weighted by molar-refractivity contribution is 7.99. The van der Waals surface area contributed by atoms with Gasteiger partial charge in [0.05, 0.1) is 18.2 Å². The van der Waals surface area contributed by atoms with Crippen LogP contribution in [0.4, 0.5) is 10.1 Å². The quantitative estimate of drug-likeness (QED) is 0.747. The van der Waals surface area contributed by atoms with E-state index in [1.807, 2.05) is 18.2 Å². The van der Waals surface area contributed by atoms with Gasteiger partial charge in [-0.3, -0.25) is 9.69 Å². The van der Waals surface area contributed by atoms with Gasteiger partial charge in [0.2, 0.25) is 0 Å². The number of hydrogen-bond acceptors (Lipinski definition) is 4. The predicted molar refractivity (Wildman–Crippen MR) is 104 cm³/mol. The van der Waals surface area contributed by atoms with Gasteiger partial charge in [-0.1, -0.05) is 17.7 Å². The van der Waals surface area contributed by atoms with E-state index >= 15 is 0 Å². The molecular formula is C19H20ClFN2O2S. The standard InChI is InChI=1S/C19H20ClFN2O2S/c20-17-13-15(4-5-18(17)21)22-19(24)14-2-1-3-16(12-14)26-11-8-23-6-9-25-10-7-23/h1-5,12-13H,6-11H2,(H,22,24). The van der Waals surface area contributed by atoms with Crippen LogP contribution in [-0.4, -0.2) is 49.4 Å². The Balaban J connectivity index is 1.55. The molecule has 0 aromatic heterocycles. The fourth-order valence-electron chi connectivity index (χ4n) is 2.62. The number of nitrogens with zero attached hydrogens (tertiary/aromatic N) is 1. The number of halogens is 2. The molecule has 7 heteroatoms. The van der Waals surface area contributed by atoms with Crippen molar-refractivity contribution in [2.75, 3.05) is 43.9 Å². The van der Waals surface area contributed by atoms with Crippen molar-refractivity contribution in [3.05, 3.63) is 58.9 Å². The van der Waals surface area contributed by atoms with Gasteiger partial charge >= 0.3 is 0 Å². The molecule has 1 aliphatic rings. The van der Waals surface area contributed by atoms with Gasteiger partial charge in [-0.25, -0.2) is 4.39 Å². The zero-order chi connectivity index (χ0) is 18.4. The van der Waals surface area contributed by atoms with Gasteiger partial charge in [0.15, 0.2) is 0 Å². The molecule has 2 aromatic carbocycles. The highest BCUT2D eigenvalue weighted by Gasteiger charge is 2.11. The molecule has 0 atom stereocenters. The number of anilines is 1. The van der Waals surface area contributed by atoms with E-state index in [0.717, 1.165) is 43.5 Å². The van der Waals surface area contributed by atoms with Crippen LogP contribution in [0.15, 0.2) is 47.4 Å². The zero-order valence-corrected chi connectivity index (χ0v) is 15.8. The second-order valence-electron chi connectivity index (χ2n) is 5.91. The Kier molecular flexibility index (Phi) is 6.91. The van der Waals surface area contributed by atoms with Crippen LogP contribution in [0.5, 0.6) is 0 Å². The number of carbonyl (C=O) groups excluding carboxylic acids is 1. The van der Waals surface area contributed by atoms with E-state index in [9.17, 15) is 9.18 Å². The lowest BCUT2D eigenvalue weighted by atomic mass is 10.2. The Hall–Kier alpha value is -1.60. The first-order valence-electron chi connectivity index (χ1n) is 8.41. The summed E-state index contributed by atoms with van der Waals surface area (Å²) in [6, 6.07) is 11.6. The first-order valence-corrected chi connectivity index (χ1v) is 9.77. The number of ether oxygens (including phenoxy) is 1. The van der Waals surface area contributed by atoms with Crippen LogP contribution in [-0.2, 0) is 4.74 Å². The summed E-state index contributed by atoms with van der Waals surface area (Å²) < 4.78 is 18.6. The van der Waals surface area contributed by atoms with Crippen LogP contribution in [0, 0.1) is 5.82 Å². The molecule has 1 fully saturated rings. The fourth-order valence-corrected chi connectivity index (χ4v) is 3.77. The second kappa shape index (κ2) is 9.37. The lowest BCUT2D eigenvalue weighted by Crippen LogP contribution is -2.37. The molecule has 0 bridgehead atoms. The Morgan fingerprint density at radius 1 is 1.23 bits per heavy atom. The summed E-state index contributed by atoms with van der Waals surface area (Å²) in [5.74, 6) is 0.199. The fraction of sp³-hybridized carbons (Fsp3) is 0.316. The van der Waals surface area contributed by atoms with Crippen molar-refractivity contribution in [1.29, 1.82) is 0 Å². The lowest BCUT2D eigenvalue weighted by Gasteiger charge is -2.26. The third-order valence-corrected chi connectivity index (χ3v) is 5.32. The minimum Gasteiger partial charge on any atom is -0.379 e. The van der Waals surface area contributed by atoms with Crippen LogP contribution in [0.2, 0.25) is 5.02 Å². The van der Waals surface area contributed by atoms with Gasteiger partial charge in [0.25, 0.3) is 5.91 Å². The molecule has 2 aromatic rings. The molecule has 4 nitrogen and oxygen atoms in total. The van der Waals surface area contributed by atoms with Crippen molar-refractivity contribution in [2.45, 2.75) is 4.90 Å². The van der Waals surface area contributed by atoms with Gasteiger partial charge in [0, 0.05) is 41.5 Å². The number of benzene rings is 2. The van der Waals surface area contributed by atoms with Crippen molar-refractivity contribution in [1.82, 2.24) is 4.90 Å². The Morgan fingerprint density at radius 3 is 2.81 bits per heavy atom. The topological polar surface area (TPSA) is 41.6 Å². The number of amides is 1. The third kappa shape index (κ3) is 5.45. The largest absolute Gasteiger partial charge is 0.379 e. The van der Waals surface area contributed by atoms with Crippen LogP contribution < -0.4 is 5.32 Å². The summed E-state index contributed by atoms with van der Waals surface area (Å²) in [6.07, 6.45) is 0. The normalized spacial score (nSPS) is 15.0. The first-order chi connectivity index (χ1) is 12.6. The van der Waals surface area contributed by atoms with Crippen molar-refractivity contribution in [3.63, 3.8) is 0 Å². The summed E-state index contributed by atoms with van der Waals surface area (Å²) in [5, 5.41) is 2.72. The molecule has 0 spiro atoms. The first kappa shape index (κ1) is 19.2. The van der Waals surface area contributed by atoms with Crippen LogP contribution in [0.25, 0.3) is 0 Å². The Bertz CT molecular complexity index is 769. The molecule has 1 heterocycles. The van der Waals surface area contributed by atoms with E-state index in [-0.39, 0.29) is 10.9 Å². The third-order valence-electron chi connectivity index (χ3n) is 4.05. The van der Waals surface area contributed by atoms with Crippen LogP contribution >= 0.6 is 23.4 Å². The van der Waals surface area contributed by atoms with Gasteiger partial charge in [-0.2, -0.15) is 0 Å². The molecule has 3 rings (SSSR count). The highest BCUT2D eigenvalue weighted by Crippen LogP contribution is 2.22. The number of morpholine rings is 1. The minimum atomic E-state index is -0.511. The smallest absolute Gasteiger partial charge is 0.255 e. The maximum Gasteiger partial charge on any atom is 0.255 e. The summed E-state index contributed by atoms with van der Waals surface area (Å²) in [4.78, 5) is 15.8. The maximum atomic E-state index is 13.2. The van der Waals surface area contributed by atoms with Gasteiger partial charge < -0.3 is 10.1 Å². The van der Waals surface area contributed by atoms with E-state index in [2.05, 4.69) is 10.2 Å². The molecule has 26 heavy (non-hydrogen) atoms. The highest BCUT2D eigenvalue weighted by atomic mass is 35.5. The van der Waals surface area contributed by atoms with E-state index < -0.39 is 5.82 Å². The molecule has 1 amide bonds. The number of hydrogen-bond donors (Lipinski definition) is 1. The van der Waals surface area contributed by atoms with Crippen molar-refractivity contribution < 1.29 is 13.9 Å². The number of thioether (sulfide) groups is 1. The molecule has 0 aliphatic carbocycles. The molecule has 1 saturated heterocycles. The molecule has 0 saturated carbocycles. The van der Waals surface area contributed by atoms with Crippen molar-refractivity contribution >= 4 is 35.0 Å². The lowest BCUT2D eigenvalue weighted by molar-refractivity contribution is 0.0410. The van der Waals surface area contributed by atoms with Crippen LogP contribution in [0.1, 0.15) is 10.4 Å². The molecular weight excluding hydrogens is 375 g/mol. The monoisotopic (exact) mass is 394 g/mol. The Labute approximate surface area is 161 Å². The van der Waals surface area contributed by atoms with Crippen molar-refractivity contribution in [3.8, 4) is 0 Å². The minimum absolute atomic E-state index is 0.0183.